The number of carbonyl (C=O) groups excluding carboxylic acids is 2. The van der Waals surface area contributed by atoms with Gasteiger partial charge in [-0.25, -0.2) is 9.69 Å². The molecule has 1 heterocycles. The fourth-order valence-electron chi connectivity index (χ4n) is 1.90. The molecule has 1 saturated heterocycles. The molecular weight excluding hydrogens is 230 g/mol. The molecule has 1 aromatic carbocycles. The van der Waals surface area contributed by atoms with Gasteiger partial charge in [0.25, 0.3) is 5.91 Å². The lowest BCUT2D eigenvalue weighted by Gasteiger charge is -2.30. The van der Waals surface area contributed by atoms with E-state index in [1.165, 1.54) is 4.90 Å². The van der Waals surface area contributed by atoms with Crippen molar-refractivity contribution in [1.82, 2.24) is 4.90 Å². The van der Waals surface area contributed by atoms with Crippen LogP contribution in [0.25, 0.3) is 0 Å². The first-order chi connectivity index (χ1) is 8.30. The lowest BCUT2D eigenvalue weighted by molar-refractivity contribution is -0.117. The number of anilines is 2. The normalized spacial score (nSPS) is 16.6. The van der Waals surface area contributed by atoms with E-state index in [0.717, 1.165) is 0 Å². The molecule has 18 heavy (non-hydrogen) atoms. The maximum Gasteiger partial charge on any atom is 0.332 e. The Kier molecular flexibility index (Phi) is 2.77. The Morgan fingerprint density at radius 2 is 1.67 bits per heavy atom. The number of rotatable bonds is 1. The fourth-order valence-corrected chi connectivity index (χ4v) is 1.90. The number of hydrogen-bond donors (Lipinski definition) is 1. The molecule has 0 aromatic heterocycles. The molecule has 2 N–H and O–H groups in total. The van der Waals surface area contributed by atoms with Gasteiger partial charge < -0.3 is 10.6 Å². The fraction of sp³-hybridized carbons (Fsp3) is 0.385. The third kappa shape index (κ3) is 2.03. The van der Waals surface area contributed by atoms with Crippen LogP contribution >= 0.6 is 0 Å². The van der Waals surface area contributed by atoms with Crippen molar-refractivity contribution in [3.63, 3.8) is 0 Å². The average Bonchev–Trinajstić information content (AvgIpc) is 2.56. The SMILES string of the molecule is CC(C)(C)N1CC(=O)N(c2ccc(N)cc2)C1=O. The third-order valence-electron chi connectivity index (χ3n) is 2.93. The summed E-state index contributed by atoms with van der Waals surface area (Å²) in [6.07, 6.45) is 0. The molecule has 5 nitrogen and oxygen atoms in total. The number of imide groups is 1. The van der Waals surface area contributed by atoms with Crippen LogP contribution in [-0.2, 0) is 4.79 Å². The Morgan fingerprint density at radius 3 is 2.11 bits per heavy atom. The van der Waals surface area contributed by atoms with Crippen molar-refractivity contribution in [2.45, 2.75) is 26.3 Å². The highest BCUT2D eigenvalue weighted by molar-refractivity contribution is 6.20. The average molecular weight is 247 g/mol. The zero-order valence-electron chi connectivity index (χ0n) is 10.8. The second kappa shape index (κ2) is 4.01. The molecule has 5 heteroatoms. The van der Waals surface area contributed by atoms with E-state index in [0.29, 0.717) is 11.4 Å². The Bertz CT molecular complexity index is 488. The Labute approximate surface area is 106 Å². The summed E-state index contributed by atoms with van der Waals surface area (Å²) in [5.74, 6) is -0.209. The van der Waals surface area contributed by atoms with E-state index in [-0.39, 0.29) is 24.0 Å². The van der Waals surface area contributed by atoms with Crippen LogP contribution in [0.1, 0.15) is 20.8 Å². The Morgan fingerprint density at radius 1 is 1.11 bits per heavy atom. The first-order valence-corrected chi connectivity index (χ1v) is 5.81. The predicted octanol–water partition coefficient (Wildman–Crippen LogP) is 1.84. The van der Waals surface area contributed by atoms with Crippen LogP contribution in [0.2, 0.25) is 0 Å². The Hall–Kier alpha value is -2.04. The number of amides is 3. The van der Waals surface area contributed by atoms with Crippen LogP contribution in [0.5, 0.6) is 0 Å². The van der Waals surface area contributed by atoms with Gasteiger partial charge in [-0.1, -0.05) is 0 Å². The zero-order chi connectivity index (χ0) is 13.5. The van der Waals surface area contributed by atoms with Crippen LogP contribution in [0, 0.1) is 0 Å². The van der Waals surface area contributed by atoms with Crippen molar-refractivity contribution in [2.24, 2.45) is 0 Å². The minimum Gasteiger partial charge on any atom is -0.399 e. The number of nitrogen functional groups attached to an aromatic ring is 1. The van der Waals surface area contributed by atoms with Gasteiger partial charge in [0.05, 0.1) is 5.69 Å². The van der Waals surface area contributed by atoms with Crippen LogP contribution in [0.15, 0.2) is 24.3 Å². The van der Waals surface area contributed by atoms with Crippen LogP contribution < -0.4 is 10.6 Å². The van der Waals surface area contributed by atoms with E-state index >= 15 is 0 Å². The highest BCUT2D eigenvalue weighted by atomic mass is 16.2. The molecule has 2 rings (SSSR count). The first-order valence-electron chi connectivity index (χ1n) is 5.81. The highest BCUT2D eigenvalue weighted by Gasteiger charge is 2.42. The zero-order valence-corrected chi connectivity index (χ0v) is 10.8. The number of carbonyl (C=O) groups is 2. The summed E-state index contributed by atoms with van der Waals surface area (Å²) in [7, 11) is 0. The summed E-state index contributed by atoms with van der Waals surface area (Å²) in [4.78, 5) is 27.0. The molecule has 0 spiro atoms. The molecule has 1 aliphatic rings. The molecule has 96 valence electrons. The third-order valence-corrected chi connectivity index (χ3v) is 2.93. The van der Waals surface area contributed by atoms with E-state index in [4.69, 9.17) is 5.73 Å². The van der Waals surface area contributed by atoms with Crippen molar-refractivity contribution in [3.8, 4) is 0 Å². The number of nitrogens with zero attached hydrogens (tertiary/aromatic N) is 2. The van der Waals surface area contributed by atoms with Gasteiger partial charge in [-0.15, -0.1) is 0 Å². The standard InChI is InChI=1S/C13H17N3O2/c1-13(2,3)15-8-11(17)16(12(15)18)10-6-4-9(14)5-7-10/h4-7H,8,14H2,1-3H3. The van der Waals surface area contributed by atoms with Crippen LogP contribution in [0.3, 0.4) is 0 Å². The monoisotopic (exact) mass is 247 g/mol. The van der Waals surface area contributed by atoms with Crippen molar-refractivity contribution < 1.29 is 9.59 Å². The maximum absolute atomic E-state index is 12.2. The summed E-state index contributed by atoms with van der Waals surface area (Å²) in [5, 5.41) is 0. The van der Waals surface area contributed by atoms with Gasteiger partial charge in [0, 0.05) is 11.2 Å². The number of nitrogens with two attached hydrogens (primary N) is 1. The van der Waals surface area contributed by atoms with Gasteiger partial charge in [0.15, 0.2) is 0 Å². The molecule has 0 aliphatic carbocycles. The summed E-state index contributed by atoms with van der Waals surface area (Å²) in [6.45, 7) is 5.84. The second-order valence-corrected chi connectivity index (χ2v) is 5.36. The molecular formula is C13H17N3O2. The van der Waals surface area contributed by atoms with E-state index in [1.54, 1.807) is 29.2 Å². The van der Waals surface area contributed by atoms with E-state index in [2.05, 4.69) is 0 Å². The minimum atomic E-state index is -0.366. The van der Waals surface area contributed by atoms with Gasteiger partial charge in [-0.3, -0.25) is 4.79 Å². The van der Waals surface area contributed by atoms with Crippen molar-refractivity contribution in [2.75, 3.05) is 17.2 Å². The van der Waals surface area contributed by atoms with Crippen molar-refractivity contribution in [3.05, 3.63) is 24.3 Å². The number of urea groups is 1. The largest absolute Gasteiger partial charge is 0.399 e. The van der Waals surface area contributed by atoms with Crippen molar-refractivity contribution >= 4 is 23.3 Å². The topological polar surface area (TPSA) is 66.6 Å². The van der Waals surface area contributed by atoms with Crippen LogP contribution in [-0.4, -0.2) is 28.9 Å². The quantitative estimate of drug-likeness (QED) is 0.608. The molecule has 0 unspecified atom stereocenters. The molecule has 0 saturated carbocycles. The molecule has 0 atom stereocenters. The van der Waals surface area contributed by atoms with Gasteiger partial charge in [0.1, 0.15) is 6.54 Å². The smallest absolute Gasteiger partial charge is 0.332 e. The van der Waals surface area contributed by atoms with Gasteiger partial charge >= 0.3 is 6.03 Å². The predicted molar refractivity (Wildman–Crippen MR) is 70.2 cm³/mol. The van der Waals surface area contributed by atoms with E-state index in [9.17, 15) is 9.59 Å². The summed E-state index contributed by atoms with van der Waals surface area (Å²) < 4.78 is 0. The lowest BCUT2D eigenvalue weighted by atomic mass is 10.1. The number of hydrogen-bond acceptors (Lipinski definition) is 3. The highest BCUT2D eigenvalue weighted by Crippen LogP contribution is 2.26. The molecule has 0 radical (unpaired) electrons. The molecule has 1 fully saturated rings. The maximum atomic E-state index is 12.2. The minimum absolute atomic E-state index is 0.118. The Balaban J connectivity index is 2.33. The second-order valence-electron chi connectivity index (χ2n) is 5.36. The summed E-state index contributed by atoms with van der Waals surface area (Å²) in [5.41, 5.74) is 6.39. The van der Waals surface area contributed by atoms with Gasteiger partial charge in [-0.2, -0.15) is 0 Å². The van der Waals surface area contributed by atoms with Gasteiger partial charge in [0.2, 0.25) is 0 Å². The first kappa shape index (κ1) is 12.4. The van der Waals surface area contributed by atoms with E-state index in [1.807, 2.05) is 20.8 Å². The number of benzene rings is 1. The van der Waals surface area contributed by atoms with Crippen molar-refractivity contribution in [1.29, 1.82) is 0 Å². The summed E-state index contributed by atoms with van der Waals surface area (Å²) >= 11 is 0. The molecule has 1 aromatic rings. The van der Waals surface area contributed by atoms with Crippen LogP contribution in [0.4, 0.5) is 16.2 Å². The molecule has 3 amide bonds. The lowest BCUT2D eigenvalue weighted by Crippen LogP contribution is -2.44. The summed E-state index contributed by atoms with van der Waals surface area (Å²) in [6, 6.07) is 6.43. The van der Waals surface area contributed by atoms with E-state index < -0.39 is 0 Å². The molecule has 1 aliphatic heterocycles. The molecule has 0 bridgehead atoms. The van der Waals surface area contributed by atoms with Gasteiger partial charge in [-0.05, 0) is 45.0 Å².